The van der Waals surface area contributed by atoms with Crippen molar-refractivity contribution in [3.05, 3.63) is 0 Å². The van der Waals surface area contributed by atoms with Gasteiger partial charge in [0.2, 0.25) is 0 Å². The van der Waals surface area contributed by atoms with Crippen molar-refractivity contribution in [2.75, 3.05) is 0 Å². The van der Waals surface area contributed by atoms with Crippen molar-refractivity contribution >= 4 is 0 Å². The number of rotatable bonds is 0. The SMILES string of the molecule is [H+].[Na+].[O]=[V](=[O])[O-].[O]=[V](=[O])[O-]. The summed E-state index contributed by atoms with van der Waals surface area (Å²) < 4.78 is 51.4. The first-order valence-electron chi connectivity index (χ1n) is 1.10. The van der Waals surface area contributed by atoms with Crippen LogP contribution in [0.25, 0.3) is 0 Å². The first kappa shape index (κ1) is 16.7. The molecule has 0 aliphatic rings. The Balaban J connectivity index is -0.0000000300. The van der Waals surface area contributed by atoms with Crippen molar-refractivity contribution in [3.63, 3.8) is 0 Å². The van der Waals surface area contributed by atoms with Crippen LogP contribution in [-0.2, 0) is 45.5 Å². The molecule has 0 aromatic rings. The van der Waals surface area contributed by atoms with Crippen LogP contribution in [0.5, 0.6) is 0 Å². The summed E-state index contributed by atoms with van der Waals surface area (Å²) in [6.07, 6.45) is 0. The molecule has 0 N–H and O–H groups in total. The third-order valence-electron chi connectivity index (χ3n) is 0. The molecule has 0 aliphatic carbocycles. The molecule has 48 valence electrons. The molecule has 9 heavy (non-hydrogen) atoms. The zero-order chi connectivity index (χ0) is 7.15. The standard InChI is InChI=1S/Na.6O.2V/q+1;;;;;2*-1;;/p+1. The minimum absolute atomic E-state index is 0. The summed E-state index contributed by atoms with van der Waals surface area (Å²) in [5, 5.41) is 0. The van der Waals surface area contributed by atoms with Gasteiger partial charge in [0.1, 0.15) is 0 Å². The molecular weight excluding hydrogens is 221 g/mol. The van der Waals surface area contributed by atoms with Crippen LogP contribution in [0.2, 0.25) is 0 Å². The summed E-state index contributed by atoms with van der Waals surface area (Å²) in [6.45, 7) is 0. The van der Waals surface area contributed by atoms with Gasteiger partial charge in [-0.3, -0.25) is 0 Å². The predicted octanol–water partition coefficient (Wildman–Crippen LogP) is -5.74. The second kappa shape index (κ2) is 12.0. The average molecular weight is 222 g/mol. The van der Waals surface area contributed by atoms with Crippen molar-refractivity contribution in [3.8, 4) is 0 Å². The molecule has 0 atom stereocenters. The third kappa shape index (κ3) is 297. The van der Waals surface area contributed by atoms with E-state index in [1.165, 1.54) is 0 Å². The molecule has 0 rings (SSSR count). The van der Waals surface area contributed by atoms with Crippen molar-refractivity contribution < 1.29 is 84.5 Å². The number of hydrogen-bond acceptors (Lipinski definition) is 6. The molecule has 0 unspecified atom stereocenters. The van der Waals surface area contributed by atoms with Crippen LogP contribution < -0.4 is 37.6 Å². The predicted molar refractivity (Wildman–Crippen MR) is 3.86 cm³/mol. The van der Waals surface area contributed by atoms with Gasteiger partial charge in [-0.2, -0.15) is 0 Å². The van der Waals surface area contributed by atoms with Crippen molar-refractivity contribution in [1.29, 1.82) is 0 Å². The van der Waals surface area contributed by atoms with E-state index in [9.17, 15) is 0 Å². The van der Waals surface area contributed by atoms with Gasteiger partial charge in [-0.25, -0.2) is 0 Å². The molecular formula is HNaO6V2. The summed E-state index contributed by atoms with van der Waals surface area (Å²) in [7, 11) is 0. The Morgan fingerprint density at radius 1 is 0.889 bits per heavy atom. The quantitative estimate of drug-likeness (QED) is 0.377. The Morgan fingerprint density at radius 2 is 0.889 bits per heavy atom. The molecule has 0 amide bonds. The Bertz CT molecular complexity index is 133. The van der Waals surface area contributed by atoms with E-state index in [4.69, 9.17) is 22.8 Å². The topological polar surface area (TPSA) is 114 Å². The van der Waals surface area contributed by atoms with Crippen LogP contribution in [0.3, 0.4) is 0 Å². The van der Waals surface area contributed by atoms with Crippen LogP contribution in [0.4, 0.5) is 0 Å². The van der Waals surface area contributed by atoms with Gasteiger partial charge in [-0.1, -0.05) is 0 Å². The van der Waals surface area contributed by atoms with E-state index in [1.54, 1.807) is 0 Å². The van der Waals surface area contributed by atoms with Crippen LogP contribution in [-0.4, -0.2) is 0 Å². The van der Waals surface area contributed by atoms with Gasteiger partial charge < -0.3 is 0 Å². The fourth-order valence-electron chi connectivity index (χ4n) is 0. The minimum atomic E-state index is -3.94. The molecule has 0 aromatic heterocycles. The molecule has 0 aliphatic heterocycles. The fourth-order valence-corrected chi connectivity index (χ4v) is 0. The molecule has 0 heterocycles. The van der Waals surface area contributed by atoms with Crippen LogP contribution >= 0.6 is 0 Å². The van der Waals surface area contributed by atoms with Gasteiger partial charge in [0.25, 0.3) is 0 Å². The van der Waals surface area contributed by atoms with Crippen LogP contribution in [0.15, 0.2) is 0 Å². The van der Waals surface area contributed by atoms with Gasteiger partial charge in [-0.15, -0.1) is 0 Å². The summed E-state index contributed by atoms with van der Waals surface area (Å²) in [6, 6.07) is 0. The average Bonchev–Trinajstić information content (AvgIpc) is 1.25. The summed E-state index contributed by atoms with van der Waals surface area (Å²) in [5.74, 6) is 0. The molecule has 9 heteroatoms. The zero-order valence-electron chi connectivity index (χ0n) is 5.34. The Morgan fingerprint density at radius 3 is 0.889 bits per heavy atom. The van der Waals surface area contributed by atoms with Crippen molar-refractivity contribution in [2.45, 2.75) is 0 Å². The second-order valence-corrected chi connectivity index (χ2v) is 1.84. The van der Waals surface area contributed by atoms with E-state index in [0.29, 0.717) is 0 Å². The first-order chi connectivity index (χ1) is 3.46. The van der Waals surface area contributed by atoms with Crippen LogP contribution in [0.1, 0.15) is 1.43 Å². The van der Waals surface area contributed by atoms with E-state index < -0.39 is 30.8 Å². The van der Waals surface area contributed by atoms with Gasteiger partial charge >= 0.3 is 84.5 Å². The van der Waals surface area contributed by atoms with E-state index in [1.807, 2.05) is 0 Å². The normalized spacial score (nSPS) is 5.56. The van der Waals surface area contributed by atoms with Gasteiger partial charge in [-0.05, 0) is 0 Å². The number of hydrogen-bond donors (Lipinski definition) is 0. The molecule has 0 saturated heterocycles. The molecule has 0 aromatic carbocycles. The summed E-state index contributed by atoms with van der Waals surface area (Å²) >= 11 is -7.88. The Kier molecular flexibility index (Phi) is 22.3. The van der Waals surface area contributed by atoms with E-state index >= 15 is 0 Å². The molecule has 0 spiro atoms. The Labute approximate surface area is 83.8 Å². The molecule has 0 fully saturated rings. The van der Waals surface area contributed by atoms with E-state index in [2.05, 4.69) is 0 Å². The van der Waals surface area contributed by atoms with Crippen LogP contribution in [0, 0.1) is 0 Å². The summed E-state index contributed by atoms with van der Waals surface area (Å²) in [4.78, 5) is 0. The molecule has 6 nitrogen and oxygen atoms in total. The molecule has 0 bridgehead atoms. The Hall–Kier alpha value is 1.29. The monoisotopic (exact) mass is 222 g/mol. The maximum absolute atomic E-state index is 8.56. The molecule has 0 saturated carbocycles. The first-order valence-corrected chi connectivity index (χ1v) is 4.52. The maximum atomic E-state index is 8.56. The van der Waals surface area contributed by atoms with Crippen molar-refractivity contribution in [2.24, 2.45) is 0 Å². The second-order valence-electron chi connectivity index (χ2n) is 0.447. The third-order valence-corrected chi connectivity index (χ3v) is 0. The zero-order valence-corrected chi connectivity index (χ0v) is 9.14. The summed E-state index contributed by atoms with van der Waals surface area (Å²) in [5.41, 5.74) is 0. The molecule has 0 radical (unpaired) electrons. The van der Waals surface area contributed by atoms with E-state index in [0.717, 1.165) is 0 Å². The van der Waals surface area contributed by atoms with Gasteiger partial charge in [0.15, 0.2) is 0 Å². The van der Waals surface area contributed by atoms with E-state index in [-0.39, 0.29) is 31.0 Å². The fraction of sp³-hybridized carbons (Fsp3) is 0. The van der Waals surface area contributed by atoms with Crippen molar-refractivity contribution in [1.82, 2.24) is 0 Å². The van der Waals surface area contributed by atoms with Gasteiger partial charge in [0.05, 0.1) is 0 Å². The van der Waals surface area contributed by atoms with Gasteiger partial charge in [0, 0.05) is 0 Å².